The van der Waals surface area contributed by atoms with Gasteiger partial charge in [-0.05, 0) is 37.3 Å². The maximum Gasteiger partial charge on any atom is 0.262 e. The minimum absolute atomic E-state index is 0.0427. The Kier molecular flexibility index (Phi) is 4.92. The van der Waals surface area contributed by atoms with E-state index in [-0.39, 0.29) is 10.7 Å². The smallest absolute Gasteiger partial charge is 0.262 e. The van der Waals surface area contributed by atoms with Crippen molar-refractivity contribution < 1.29 is 14.0 Å². The first-order valence-electron chi connectivity index (χ1n) is 9.74. The van der Waals surface area contributed by atoms with Crippen molar-refractivity contribution in [2.24, 2.45) is 0 Å². The molecule has 0 N–H and O–H groups in total. The topological polar surface area (TPSA) is 63.2 Å². The van der Waals surface area contributed by atoms with Crippen LogP contribution in [0.3, 0.4) is 0 Å². The summed E-state index contributed by atoms with van der Waals surface area (Å²) in [6, 6.07) is 14.2. The van der Waals surface area contributed by atoms with E-state index in [1.165, 1.54) is 11.0 Å². The lowest BCUT2D eigenvalue weighted by Crippen LogP contribution is -2.33. The zero-order valence-corrected chi connectivity index (χ0v) is 18.2. The second-order valence-electron chi connectivity index (χ2n) is 7.43. The number of benzene rings is 2. The second-order valence-corrected chi connectivity index (χ2v) is 8.20. The van der Waals surface area contributed by atoms with Crippen LogP contribution in [-0.4, -0.2) is 26.7 Å². The number of carbonyl (C=O) groups excluding carboxylic acids is 2. The van der Waals surface area contributed by atoms with E-state index in [4.69, 9.17) is 23.2 Å². The van der Waals surface area contributed by atoms with Gasteiger partial charge in [-0.3, -0.25) is 14.5 Å². The molecule has 0 spiro atoms. The highest BCUT2D eigenvalue weighted by Gasteiger charge is 2.39. The third-order valence-corrected chi connectivity index (χ3v) is 6.16. The number of amides is 2. The molecule has 0 saturated heterocycles. The lowest BCUT2D eigenvalue weighted by Gasteiger charge is -2.25. The summed E-state index contributed by atoms with van der Waals surface area (Å²) >= 11 is 12.6. The molecule has 1 aliphatic heterocycles. The van der Waals surface area contributed by atoms with Gasteiger partial charge in [-0.2, -0.15) is 0 Å². The molecule has 1 aliphatic rings. The molecule has 8 heteroatoms. The molecule has 4 aromatic rings. The number of hydrogen-bond acceptors (Lipinski definition) is 4. The molecule has 0 bridgehead atoms. The van der Waals surface area contributed by atoms with Crippen LogP contribution in [-0.2, 0) is 0 Å². The normalized spacial score (nSPS) is 14.2. The Hall–Kier alpha value is -3.35. The van der Waals surface area contributed by atoms with Crippen LogP contribution in [0.5, 0.6) is 0 Å². The van der Waals surface area contributed by atoms with E-state index in [1.54, 1.807) is 49.4 Å². The number of halogens is 3. The van der Waals surface area contributed by atoms with Crippen LogP contribution >= 0.6 is 23.2 Å². The van der Waals surface area contributed by atoms with Crippen LogP contribution in [0.1, 0.15) is 39.2 Å². The first-order chi connectivity index (χ1) is 15.4. The first kappa shape index (κ1) is 20.5. The Balaban J connectivity index is 1.74. The summed E-state index contributed by atoms with van der Waals surface area (Å²) in [6.45, 7) is 1.72. The van der Waals surface area contributed by atoms with Crippen LogP contribution < -0.4 is 0 Å². The highest BCUT2D eigenvalue weighted by Crippen LogP contribution is 2.39. The molecule has 32 heavy (non-hydrogen) atoms. The van der Waals surface area contributed by atoms with E-state index in [9.17, 15) is 14.0 Å². The average molecular weight is 466 g/mol. The van der Waals surface area contributed by atoms with E-state index in [2.05, 4.69) is 9.97 Å². The molecule has 5 rings (SSSR count). The number of para-hydroxylation sites is 1. The summed E-state index contributed by atoms with van der Waals surface area (Å²) in [4.78, 5) is 35.9. The molecule has 0 fully saturated rings. The number of fused-ring (bicyclic) bond motifs is 2. The lowest BCUT2D eigenvalue weighted by molar-refractivity contribution is 0.0595. The van der Waals surface area contributed by atoms with E-state index in [1.807, 2.05) is 6.07 Å². The van der Waals surface area contributed by atoms with Crippen molar-refractivity contribution in [1.29, 1.82) is 0 Å². The van der Waals surface area contributed by atoms with Gasteiger partial charge in [-0.1, -0.05) is 47.5 Å². The molecule has 2 aromatic heterocycles. The van der Waals surface area contributed by atoms with Crippen LogP contribution in [0.25, 0.3) is 22.2 Å². The molecule has 0 aliphatic carbocycles. The second kappa shape index (κ2) is 7.65. The molecule has 2 amide bonds. The summed E-state index contributed by atoms with van der Waals surface area (Å²) in [5.41, 5.74) is 2.23. The minimum Gasteiger partial charge on any atom is -0.269 e. The van der Waals surface area contributed by atoms with Crippen molar-refractivity contribution in [1.82, 2.24) is 14.9 Å². The average Bonchev–Trinajstić information content (AvgIpc) is 3.05. The predicted octanol–water partition coefficient (Wildman–Crippen LogP) is 6.10. The number of pyridine rings is 2. The predicted molar refractivity (Wildman–Crippen MR) is 120 cm³/mol. The highest BCUT2D eigenvalue weighted by atomic mass is 35.5. The number of nitrogens with zero attached hydrogens (tertiary/aromatic N) is 3. The quantitative estimate of drug-likeness (QED) is 0.270. The van der Waals surface area contributed by atoms with Crippen molar-refractivity contribution in [2.45, 2.75) is 13.0 Å². The van der Waals surface area contributed by atoms with Crippen molar-refractivity contribution in [3.63, 3.8) is 0 Å². The fourth-order valence-electron chi connectivity index (χ4n) is 4.00. The number of hydrogen-bond donors (Lipinski definition) is 0. The van der Waals surface area contributed by atoms with Crippen molar-refractivity contribution in [3.8, 4) is 11.3 Å². The summed E-state index contributed by atoms with van der Waals surface area (Å²) in [5.74, 6) is -1.40. The van der Waals surface area contributed by atoms with E-state index < -0.39 is 23.7 Å². The molecular weight excluding hydrogens is 452 g/mol. The number of rotatable bonds is 3. The van der Waals surface area contributed by atoms with E-state index in [0.717, 1.165) is 6.20 Å². The van der Waals surface area contributed by atoms with Crippen LogP contribution in [0.4, 0.5) is 4.39 Å². The molecular formula is C24H14Cl2FN3O2. The molecule has 5 nitrogen and oxygen atoms in total. The Morgan fingerprint density at radius 1 is 0.938 bits per heavy atom. The van der Waals surface area contributed by atoms with Gasteiger partial charge in [0, 0.05) is 16.5 Å². The lowest BCUT2D eigenvalue weighted by atomic mass is 9.98. The van der Waals surface area contributed by atoms with Gasteiger partial charge >= 0.3 is 0 Å². The largest absolute Gasteiger partial charge is 0.269 e. The van der Waals surface area contributed by atoms with Crippen LogP contribution in [0, 0.1) is 5.82 Å². The SMILES string of the molecule is C[C@H](c1cc2cccc(Cl)c2nc1-c1cc(F)cnc1Cl)N1C(=O)c2ccccc2C1=O. The Morgan fingerprint density at radius 2 is 1.62 bits per heavy atom. The van der Waals surface area contributed by atoms with Gasteiger partial charge < -0.3 is 0 Å². The van der Waals surface area contributed by atoms with Gasteiger partial charge in [0.15, 0.2) is 0 Å². The fourth-order valence-corrected chi connectivity index (χ4v) is 4.42. The molecule has 3 heterocycles. The Bertz CT molecular complexity index is 1410. The van der Waals surface area contributed by atoms with Gasteiger partial charge in [0.25, 0.3) is 11.8 Å². The molecule has 158 valence electrons. The van der Waals surface area contributed by atoms with Crippen molar-refractivity contribution >= 4 is 45.9 Å². The Morgan fingerprint density at radius 3 is 2.31 bits per heavy atom. The zero-order valence-electron chi connectivity index (χ0n) is 16.6. The number of imide groups is 1. The van der Waals surface area contributed by atoms with Crippen LogP contribution in [0.2, 0.25) is 10.2 Å². The van der Waals surface area contributed by atoms with E-state index >= 15 is 0 Å². The maximum absolute atomic E-state index is 14.1. The van der Waals surface area contributed by atoms with E-state index in [0.29, 0.717) is 38.3 Å². The van der Waals surface area contributed by atoms with Gasteiger partial charge in [0.2, 0.25) is 0 Å². The summed E-state index contributed by atoms with van der Waals surface area (Å²) in [5, 5.41) is 1.16. The summed E-state index contributed by atoms with van der Waals surface area (Å²) < 4.78 is 14.1. The fraction of sp³-hybridized carbons (Fsp3) is 0.0833. The van der Waals surface area contributed by atoms with Crippen LogP contribution in [0.15, 0.2) is 60.8 Å². The van der Waals surface area contributed by atoms with Gasteiger partial charge in [0.05, 0.1) is 39.6 Å². The summed E-state index contributed by atoms with van der Waals surface area (Å²) in [7, 11) is 0. The van der Waals surface area contributed by atoms with Gasteiger partial charge in [-0.15, -0.1) is 0 Å². The number of aromatic nitrogens is 2. The Labute approximate surface area is 192 Å². The maximum atomic E-state index is 14.1. The zero-order chi connectivity index (χ0) is 22.6. The van der Waals surface area contributed by atoms with Gasteiger partial charge in [0.1, 0.15) is 11.0 Å². The minimum atomic E-state index is -0.715. The molecule has 1 atom stereocenters. The van der Waals surface area contributed by atoms with Gasteiger partial charge in [-0.25, -0.2) is 14.4 Å². The van der Waals surface area contributed by atoms with Crippen molar-refractivity contribution in [2.75, 3.05) is 0 Å². The molecule has 0 radical (unpaired) electrons. The molecule has 0 unspecified atom stereocenters. The third-order valence-electron chi connectivity index (χ3n) is 5.55. The third kappa shape index (κ3) is 3.15. The molecule has 0 saturated carbocycles. The summed E-state index contributed by atoms with van der Waals surface area (Å²) in [6.07, 6.45) is 1.01. The highest BCUT2D eigenvalue weighted by molar-refractivity contribution is 6.35. The van der Waals surface area contributed by atoms with Crippen molar-refractivity contribution in [3.05, 3.63) is 93.5 Å². The standard InChI is InChI=1S/C24H14Cl2FN3O2/c1-12(30-23(31)15-6-2-3-7-16(15)24(30)32)17-9-13-5-4-8-19(25)20(13)29-21(17)18-10-14(27)11-28-22(18)26/h2-12H,1H3/t12-/m1/s1. The molecule has 2 aromatic carbocycles. The monoisotopic (exact) mass is 465 g/mol. The first-order valence-corrected chi connectivity index (χ1v) is 10.5. The number of carbonyl (C=O) groups is 2.